The Hall–Kier alpha value is -1.10. The van der Waals surface area contributed by atoms with Crippen molar-refractivity contribution in [1.29, 1.82) is 0 Å². The van der Waals surface area contributed by atoms with E-state index in [1.807, 2.05) is 4.90 Å². The number of carboxylic acid groups (broad SMARTS) is 1. The predicted octanol–water partition coefficient (Wildman–Crippen LogP) is 2.01. The molecule has 2 N–H and O–H groups in total. The monoisotopic (exact) mass is 296 g/mol. The van der Waals surface area contributed by atoms with Gasteiger partial charge in [-0.3, -0.25) is 14.5 Å². The summed E-state index contributed by atoms with van der Waals surface area (Å²) in [5, 5.41) is 12.5. The van der Waals surface area contributed by atoms with Gasteiger partial charge >= 0.3 is 5.97 Å². The predicted molar refractivity (Wildman–Crippen MR) is 81.0 cm³/mol. The number of hydrogen-bond acceptors (Lipinski definition) is 3. The molecule has 21 heavy (non-hydrogen) atoms. The van der Waals surface area contributed by atoms with E-state index >= 15 is 0 Å². The van der Waals surface area contributed by atoms with Gasteiger partial charge in [-0.25, -0.2) is 0 Å². The largest absolute Gasteiger partial charge is 0.480 e. The SMILES string of the molecule is CC1CCC(NC(=O)CN2CCCCC2(C)C(=O)O)CC1. The first-order valence-electron chi connectivity index (χ1n) is 8.19. The van der Waals surface area contributed by atoms with Crippen LogP contribution in [0, 0.1) is 5.92 Å². The summed E-state index contributed by atoms with van der Waals surface area (Å²) in [5.41, 5.74) is -0.892. The van der Waals surface area contributed by atoms with Crippen LogP contribution in [0.4, 0.5) is 0 Å². The molecule has 1 saturated heterocycles. The zero-order valence-electron chi connectivity index (χ0n) is 13.2. The van der Waals surface area contributed by atoms with Gasteiger partial charge in [-0.1, -0.05) is 6.92 Å². The number of carbonyl (C=O) groups is 2. The number of amides is 1. The van der Waals surface area contributed by atoms with Crippen LogP contribution in [0.2, 0.25) is 0 Å². The molecule has 2 aliphatic rings. The number of piperidine rings is 1. The molecule has 0 radical (unpaired) electrons. The van der Waals surface area contributed by atoms with Gasteiger partial charge in [0.25, 0.3) is 0 Å². The summed E-state index contributed by atoms with van der Waals surface area (Å²) < 4.78 is 0. The van der Waals surface area contributed by atoms with Crippen LogP contribution < -0.4 is 5.32 Å². The van der Waals surface area contributed by atoms with Gasteiger partial charge in [0.2, 0.25) is 5.91 Å². The van der Waals surface area contributed by atoms with Gasteiger partial charge in [-0.2, -0.15) is 0 Å². The second-order valence-corrected chi connectivity index (χ2v) is 6.98. The van der Waals surface area contributed by atoms with Crippen LogP contribution in [0.3, 0.4) is 0 Å². The van der Waals surface area contributed by atoms with Crippen molar-refractivity contribution < 1.29 is 14.7 Å². The average molecular weight is 296 g/mol. The van der Waals surface area contributed by atoms with Gasteiger partial charge in [0.1, 0.15) is 5.54 Å². The van der Waals surface area contributed by atoms with E-state index in [-0.39, 0.29) is 18.5 Å². The minimum atomic E-state index is -0.892. The quantitative estimate of drug-likeness (QED) is 0.832. The van der Waals surface area contributed by atoms with Crippen molar-refractivity contribution in [2.45, 2.75) is 70.4 Å². The van der Waals surface area contributed by atoms with Crippen molar-refractivity contribution in [3.63, 3.8) is 0 Å². The fourth-order valence-corrected chi connectivity index (χ4v) is 3.52. The Balaban J connectivity index is 1.87. The normalized spacial score (nSPS) is 34.4. The maximum absolute atomic E-state index is 12.2. The minimum Gasteiger partial charge on any atom is -0.480 e. The lowest BCUT2D eigenvalue weighted by molar-refractivity contribution is -0.153. The first-order valence-corrected chi connectivity index (χ1v) is 8.19. The number of nitrogens with zero attached hydrogens (tertiary/aromatic N) is 1. The van der Waals surface area contributed by atoms with Gasteiger partial charge in [-0.15, -0.1) is 0 Å². The molecule has 1 unspecified atom stereocenters. The Kier molecular flexibility index (Phi) is 5.25. The van der Waals surface area contributed by atoms with Crippen molar-refractivity contribution in [3.8, 4) is 0 Å². The molecule has 120 valence electrons. The molecule has 0 aromatic carbocycles. The van der Waals surface area contributed by atoms with E-state index in [4.69, 9.17) is 0 Å². The zero-order chi connectivity index (χ0) is 15.5. The summed E-state index contributed by atoms with van der Waals surface area (Å²) in [6.07, 6.45) is 6.93. The summed E-state index contributed by atoms with van der Waals surface area (Å²) >= 11 is 0. The van der Waals surface area contributed by atoms with E-state index in [2.05, 4.69) is 12.2 Å². The molecule has 2 fully saturated rings. The third-order valence-corrected chi connectivity index (χ3v) is 5.22. The van der Waals surface area contributed by atoms with Crippen molar-refractivity contribution in [3.05, 3.63) is 0 Å². The van der Waals surface area contributed by atoms with Crippen LogP contribution >= 0.6 is 0 Å². The molecule has 1 atom stereocenters. The van der Waals surface area contributed by atoms with E-state index in [0.29, 0.717) is 13.0 Å². The third-order valence-electron chi connectivity index (χ3n) is 5.22. The molecule has 0 spiro atoms. The molecule has 1 aliphatic heterocycles. The third kappa shape index (κ3) is 3.96. The minimum absolute atomic E-state index is 0.0241. The van der Waals surface area contributed by atoms with Gasteiger partial charge in [0.15, 0.2) is 0 Å². The Morgan fingerprint density at radius 2 is 1.90 bits per heavy atom. The summed E-state index contributed by atoms with van der Waals surface area (Å²) in [4.78, 5) is 25.6. The van der Waals surface area contributed by atoms with Crippen LogP contribution in [-0.4, -0.2) is 46.6 Å². The van der Waals surface area contributed by atoms with Gasteiger partial charge < -0.3 is 10.4 Å². The highest BCUT2D eigenvalue weighted by atomic mass is 16.4. The number of likely N-dealkylation sites (tertiary alicyclic amines) is 1. The molecular weight excluding hydrogens is 268 g/mol. The van der Waals surface area contributed by atoms with Crippen molar-refractivity contribution in [2.24, 2.45) is 5.92 Å². The van der Waals surface area contributed by atoms with E-state index in [0.717, 1.165) is 31.6 Å². The van der Waals surface area contributed by atoms with Crippen molar-refractivity contribution in [2.75, 3.05) is 13.1 Å². The van der Waals surface area contributed by atoms with Gasteiger partial charge in [0, 0.05) is 6.04 Å². The Labute approximate surface area is 127 Å². The van der Waals surface area contributed by atoms with Crippen LogP contribution in [0.5, 0.6) is 0 Å². The standard InChI is InChI=1S/C16H28N2O3/c1-12-5-7-13(8-6-12)17-14(19)11-18-10-4-3-9-16(18,2)15(20)21/h12-13H,3-11H2,1-2H3,(H,17,19)(H,20,21). The molecule has 5 nitrogen and oxygen atoms in total. The Bertz CT molecular complexity index is 391. The molecule has 0 bridgehead atoms. The number of nitrogens with one attached hydrogen (secondary N) is 1. The number of hydrogen-bond donors (Lipinski definition) is 2. The number of aliphatic carboxylic acids is 1. The Morgan fingerprint density at radius 3 is 2.52 bits per heavy atom. The lowest BCUT2D eigenvalue weighted by Crippen LogP contribution is -2.58. The van der Waals surface area contributed by atoms with Crippen LogP contribution in [0.15, 0.2) is 0 Å². The molecule has 0 aromatic heterocycles. The van der Waals surface area contributed by atoms with Gasteiger partial charge in [0.05, 0.1) is 6.54 Å². The summed E-state index contributed by atoms with van der Waals surface area (Å²) in [7, 11) is 0. The van der Waals surface area contributed by atoms with Crippen LogP contribution in [0.25, 0.3) is 0 Å². The average Bonchev–Trinajstić information content (AvgIpc) is 2.44. The molecule has 5 heteroatoms. The second kappa shape index (κ2) is 6.77. The molecule has 1 heterocycles. The first-order chi connectivity index (χ1) is 9.91. The number of rotatable bonds is 4. The maximum Gasteiger partial charge on any atom is 0.323 e. The molecule has 0 aromatic rings. The molecule has 2 rings (SSSR count). The van der Waals surface area contributed by atoms with Crippen LogP contribution in [-0.2, 0) is 9.59 Å². The van der Waals surface area contributed by atoms with E-state index in [1.54, 1.807) is 6.92 Å². The van der Waals surface area contributed by atoms with Gasteiger partial charge in [-0.05, 0) is 64.3 Å². The van der Waals surface area contributed by atoms with Crippen molar-refractivity contribution in [1.82, 2.24) is 10.2 Å². The van der Waals surface area contributed by atoms with E-state index in [9.17, 15) is 14.7 Å². The second-order valence-electron chi connectivity index (χ2n) is 6.98. The molecule has 1 aliphatic carbocycles. The highest BCUT2D eigenvalue weighted by Crippen LogP contribution is 2.28. The lowest BCUT2D eigenvalue weighted by Gasteiger charge is -2.41. The molecule has 1 saturated carbocycles. The number of carboxylic acids is 1. The van der Waals surface area contributed by atoms with E-state index < -0.39 is 11.5 Å². The first kappa shape index (κ1) is 16.3. The zero-order valence-corrected chi connectivity index (χ0v) is 13.2. The van der Waals surface area contributed by atoms with E-state index in [1.165, 1.54) is 12.8 Å². The lowest BCUT2D eigenvalue weighted by atomic mass is 9.87. The van der Waals surface area contributed by atoms with Crippen molar-refractivity contribution >= 4 is 11.9 Å². The highest BCUT2D eigenvalue weighted by molar-refractivity contribution is 5.82. The smallest absolute Gasteiger partial charge is 0.323 e. The Morgan fingerprint density at radius 1 is 1.24 bits per heavy atom. The summed E-state index contributed by atoms with van der Waals surface area (Å²) in [6, 6.07) is 0.273. The summed E-state index contributed by atoms with van der Waals surface area (Å²) in [5.74, 6) is -0.0824. The molecule has 1 amide bonds. The van der Waals surface area contributed by atoms with Crippen LogP contribution in [0.1, 0.15) is 58.8 Å². The fraction of sp³-hybridized carbons (Fsp3) is 0.875. The molecular formula is C16H28N2O3. The highest BCUT2D eigenvalue weighted by Gasteiger charge is 2.42. The maximum atomic E-state index is 12.2. The fourth-order valence-electron chi connectivity index (χ4n) is 3.52. The topological polar surface area (TPSA) is 69.6 Å². The number of carbonyl (C=O) groups excluding carboxylic acids is 1. The summed E-state index contributed by atoms with van der Waals surface area (Å²) in [6.45, 7) is 4.89.